The number of aryl methyl sites for hydroxylation is 1. The molecule has 126 valence electrons. The Morgan fingerprint density at radius 1 is 1.27 bits per heavy atom. The molecule has 0 radical (unpaired) electrons. The first-order chi connectivity index (χ1) is 10.1. The van der Waals surface area contributed by atoms with Gasteiger partial charge in [0.15, 0.2) is 0 Å². The van der Waals surface area contributed by atoms with Crippen molar-refractivity contribution in [2.75, 3.05) is 34.4 Å². The molecular weight excluding hydrogens is 304 g/mol. The smallest absolute Gasteiger partial charge is 0.224 e. The number of carbonyl (C=O) groups is 1. The Hall–Kier alpha value is -1.30. The molecule has 1 aromatic carbocycles. The van der Waals surface area contributed by atoms with Crippen molar-refractivity contribution in [3.8, 4) is 5.75 Å². The van der Waals surface area contributed by atoms with Gasteiger partial charge in [-0.1, -0.05) is 12.1 Å². The molecule has 0 saturated heterocycles. The maximum absolute atomic E-state index is 12.0. The topological polar surface area (TPSA) is 64.8 Å². The summed E-state index contributed by atoms with van der Waals surface area (Å²) in [6.07, 6.45) is 2.01. The zero-order valence-electron chi connectivity index (χ0n) is 13.6. The zero-order valence-corrected chi connectivity index (χ0v) is 14.4. The van der Waals surface area contributed by atoms with E-state index in [1.807, 2.05) is 19.2 Å². The highest BCUT2D eigenvalue weighted by Crippen LogP contribution is 2.12. The molecular formula is C16H27ClN2O3. The Bertz CT molecular complexity index is 422. The van der Waals surface area contributed by atoms with Gasteiger partial charge < -0.3 is 20.1 Å². The van der Waals surface area contributed by atoms with E-state index >= 15 is 0 Å². The Labute approximate surface area is 139 Å². The van der Waals surface area contributed by atoms with Gasteiger partial charge in [0.2, 0.25) is 5.91 Å². The fourth-order valence-corrected chi connectivity index (χ4v) is 2.05. The van der Waals surface area contributed by atoms with Gasteiger partial charge in [-0.3, -0.25) is 4.79 Å². The first kappa shape index (κ1) is 20.7. The van der Waals surface area contributed by atoms with Gasteiger partial charge in [-0.15, -0.1) is 12.4 Å². The van der Waals surface area contributed by atoms with Crippen LogP contribution >= 0.6 is 12.4 Å². The predicted molar refractivity (Wildman–Crippen MR) is 90.7 cm³/mol. The van der Waals surface area contributed by atoms with Gasteiger partial charge in [-0.2, -0.15) is 0 Å². The summed E-state index contributed by atoms with van der Waals surface area (Å²) >= 11 is 0. The number of methoxy groups -OCH3 is 2. The number of benzene rings is 1. The number of ether oxygens (including phenoxy) is 2. The van der Waals surface area contributed by atoms with Crippen molar-refractivity contribution < 1.29 is 14.3 Å². The molecule has 0 fully saturated rings. The number of rotatable bonds is 9. The van der Waals surface area contributed by atoms with Gasteiger partial charge >= 0.3 is 0 Å². The molecule has 2 N–H and O–H groups in total. The third-order valence-corrected chi connectivity index (χ3v) is 3.54. The molecule has 0 aliphatic heterocycles. The van der Waals surface area contributed by atoms with Gasteiger partial charge in [0.25, 0.3) is 0 Å². The van der Waals surface area contributed by atoms with Crippen molar-refractivity contribution in [1.82, 2.24) is 4.90 Å². The Morgan fingerprint density at radius 2 is 1.91 bits per heavy atom. The summed E-state index contributed by atoms with van der Waals surface area (Å²) in [5.41, 5.74) is 6.77. The van der Waals surface area contributed by atoms with Crippen LogP contribution in [-0.4, -0.2) is 51.3 Å². The highest BCUT2D eigenvalue weighted by Gasteiger charge is 2.14. The van der Waals surface area contributed by atoms with Crippen molar-refractivity contribution in [3.05, 3.63) is 29.8 Å². The number of hydrogen-bond acceptors (Lipinski definition) is 4. The molecule has 0 heterocycles. The normalized spacial score (nSPS) is 11.5. The molecule has 0 spiro atoms. The van der Waals surface area contributed by atoms with Crippen molar-refractivity contribution in [2.24, 2.45) is 5.73 Å². The number of nitrogens with two attached hydrogens (primary N) is 1. The summed E-state index contributed by atoms with van der Waals surface area (Å²) in [5, 5.41) is 0. The maximum atomic E-state index is 12.0. The van der Waals surface area contributed by atoms with Crippen LogP contribution in [0.2, 0.25) is 0 Å². The van der Waals surface area contributed by atoms with Crippen LogP contribution in [0.3, 0.4) is 0 Å². The summed E-state index contributed by atoms with van der Waals surface area (Å²) in [6.45, 7) is 1.09. The summed E-state index contributed by atoms with van der Waals surface area (Å²) in [4.78, 5) is 13.7. The van der Waals surface area contributed by atoms with Crippen molar-refractivity contribution in [1.29, 1.82) is 0 Å². The predicted octanol–water partition coefficient (Wildman–Crippen LogP) is 1.87. The minimum Gasteiger partial charge on any atom is -0.497 e. The fraction of sp³-hybridized carbons (Fsp3) is 0.562. The molecule has 1 amide bonds. The minimum atomic E-state index is -0.193. The van der Waals surface area contributed by atoms with Crippen LogP contribution in [0.4, 0.5) is 0 Å². The standard InChI is InChI=1S/C16H26N2O3.ClH/c1-18(16(19)11-15(12-17)21-3)10-4-5-13-6-8-14(20-2)9-7-13;/h6-9,15H,4-5,10-12,17H2,1-3H3;1H. The van der Waals surface area contributed by atoms with E-state index in [-0.39, 0.29) is 24.4 Å². The maximum Gasteiger partial charge on any atom is 0.224 e. The van der Waals surface area contributed by atoms with Gasteiger partial charge in [-0.25, -0.2) is 0 Å². The number of hydrogen-bond donors (Lipinski definition) is 1. The summed E-state index contributed by atoms with van der Waals surface area (Å²) in [6, 6.07) is 8.01. The minimum absolute atomic E-state index is 0. The summed E-state index contributed by atoms with van der Waals surface area (Å²) in [5.74, 6) is 0.931. The number of halogens is 1. The number of carbonyl (C=O) groups excluding carboxylic acids is 1. The van der Waals surface area contributed by atoms with Gasteiger partial charge in [0.1, 0.15) is 5.75 Å². The Kier molecular flexibility index (Phi) is 10.6. The summed E-state index contributed by atoms with van der Waals surface area (Å²) in [7, 11) is 5.05. The lowest BCUT2D eigenvalue weighted by atomic mass is 10.1. The molecule has 1 atom stereocenters. The van der Waals surface area contributed by atoms with Crippen LogP contribution in [0.1, 0.15) is 18.4 Å². The van der Waals surface area contributed by atoms with E-state index in [1.165, 1.54) is 5.56 Å². The van der Waals surface area contributed by atoms with E-state index in [1.54, 1.807) is 19.1 Å². The monoisotopic (exact) mass is 330 g/mol. The van der Waals surface area contributed by atoms with Crippen LogP contribution in [0, 0.1) is 0 Å². The van der Waals surface area contributed by atoms with E-state index < -0.39 is 0 Å². The highest BCUT2D eigenvalue weighted by atomic mass is 35.5. The molecule has 0 aliphatic carbocycles. The van der Waals surface area contributed by atoms with Crippen LogP contribution in [0.15, 0.2) is 24.3 Å². The van der Waals surface area contributed by atoms with Crippen molar-refractivity contribution in [2.45, 2.75) is 25.4 Å². The molecule has 6 heteroatoms. The molecule has 0 aromatic heterocycles. The molecule has 5 nitrogen and oxygen atoms in total. The first-order valence-corrected chi connectivity index (χ1v) is 7.20. The fourth-order valence-electron chi connectivity index (χ4n) is 2.05. The molecule has 1 aromatic rings. The third-order valence-electron chi connectivity index (χ3n) is 3.54. The van der Waals surface area contributed by atoms with Crippen molar-refractivity contribution in [3.63, 3.8) is 0 Å². The molecule has 22 heavy (non-hydrogen) atoms. The average molecular weight is 331 g/mol. The Morgan fingerprint density at radius 3 is 2.41 bits per heavy atom. The lowest BCUT2D eigenvalue weighted by Crippen LogP contribution is -2.34. The first-order valence-electron chi connectivity index (χ1n) is 7.20. The lowest BCUT2D eigenvalue weighted by Gasteiger charge is -2.20. The molecule has 0 bridgehead atoms. The molecule has 1 rings (SSSR count). The van der Waals surface area contributed by atoms with E-state index in [0.717, 1.165) is 25.1 Å². The van der Waals surface area contributed by atoms with Crippen LogP contribution in [0.25, 0.3) is 0 Å². The average Bonchev–Trinajstić information content (AvgIpc) is 2.52. The van der Waals surface area contributed by atoms with E-state index in [0.29, 0.717) is 13.0 Å². The Balaban J connectivity index is 0.00000441. The van der Waals surface area contributed by atoms with E-state index in [9.17, 15) is 4.79 Å². The van der Waals surface area contributed by atoms with E-state index in [2.05, 4.69) is 12.1 Å². The van der Waals surface area contributed by atoms with Crippen molar-refractivity contribution >= 4 is 18.3 Å². The lowest BCUT2D eigenvalue weighted by molar-refractivity contribution is -0.132. The van der Waals surface area contributed by atoms with Gasteiger partial charge in [0.05, 0.1) is 19.6 Å². The van der Waals surface area contributed by atoms with Gasteiger partial charge in [-0.05, 0) is 30.5 Å². The van der Waals surface area contributed by atoms with Crippen LogP contribution in [-0.2, 0) is 16.0 Å². The zero-order chi connectivity index (χ0) is 15.7. The summed E-state index contributed by atoms with van der Waals surface area (Å²) < 4.78 is 10.3. The van der Waals surface area contributed by atoms with Crippen LogP contribution < -0.4 is 10.5 Å². The molecule has 0 saturated carbocycles. The quantitative estimate of drug-likeness (QED) is 0.750. The number of nitrogens with zero attached hydrogens (tertiary/aromatic N) is 1. The second-order valence-corrected chi connectivity index (χ2v) is 5.06. The van der Waals surface area contributed by atoms with Crippen LogP contribution in [0.5, 0.6) is 5.75 Å². The number of amides is 1. The molecule has 0 aliphatic rings. The largest absolute Gasteiger partial charge is 0.497 e. The van der Waals surface area contributed by atoms with Gasteiger partial charge in [0, 0.05) is 27.2 Å². The SMILES string of the molecule is COc1ccc(CCCN(C)C(=O)CC(CN)OC)cc1.Cl. The second-order valence-electron chi connectivity index (χ2n) is 5.06. The highest BCUT2D eigenvalue weighted by molar-refractivity contribution is 5.85. The third kappa shape index (κ3) is 7.11. The molecule has 1 unspecified atom stereocenters. The van der Waals surface area contributed by atoms with E-state index in [4.69, 9.17) is 15.2 Å². The second kappa shape index (κ2) is 11.3.